The van der Waals surface area contributed by atoms with Crippen molar-refractivity contribution in [3.05, 3.63) is 84.6 Å². The van der Waals surface area contributed by atoms with E-state index in [1.54, 1.807) is 36.7 Å². The number of rotatable bonds is 10. The van der Waals surface area contributed by atoms with E-state index in [1.807, 2.05) is 41.2 Å². The van der Waals surface area contributed by atoms with Crippen LogP contribution < -0.4 is 11.1 Å². The van der Waals surface area contributed by atoms with E-state index in [0.29, 0.717) is 18.4 Å². The lowest BCUT2D eigenvalue weighted by molar-refractivity contribution is -0.185. The zero-order valence-corrected chi connectivity index (χ0v) is 18.3. The molecule has 9 heteroatoms. The van der Waals surface area contributed by atoms with E-state index >= 15 is 0 Å². The normalized spacial score (nSPS) is 12.1. The van der Waals surface area contributed by atoms with E-state index < -0.39 is 17.9 Å². The third kappa shape index (κ3) is 5.16. The largest absolute Gasteiger partial charge is 0.368 e. The maximum absolute atomic E-state index is 13.0. The van der Waals surface area contributed by atoms with Crippen molar-refractivity contribution in [2.75, 3.05) is 0 Å². The minimum atomic E-state index is -0.778. The molecule has 4 aromatic rings. The molecule has 5 N–H and O–H groups in total. The van der Waals surface area contributed by atoms with Gasteiger partial charge < -0.3 is 25.5 Å². The number of amides is 2. The number of primary amides is 1. The van der Waals surface area contributed by atoms with Gasteiger partial charge in [-0.2, -0.15) is 0 Å². The second-order valence-electron chi connectivity index (χ2n) is 7.81. The highest BCUT2D eigenvalue weighted by Crippen LogP contribution is 2.32. The van der Waals surface area contributed by atoms with Crippen molar-refractivity contribution in [1.82, 2.24) is 19.9 Å². The fourth-order valence-corrected chi connectivity index (χ4v) is 3.90. The summed E-state index contributed by atoms with van der Waals surface area (Å²) in [7, 11) is 0. The fourth-order valence-electron chi connectivity index (χ4n) is 3.90. The van der Waals surface area contributed by atoms with Crippen molar-refractivity contribution in [1.29, 1.82) is 0 Å². The third-order valence-corrected chi connectivity index (χ3v) is 5.59. The van der Waals surface area contributed by atoms with Gasteiger partial charge >= 0.3 is 0 Å². The summed E-state index contributed by atoms with van der Waals surface area (Å²) >= 11 is 0. The second-order valence-corrected chi connectivity index (χ2v) is 7.81. The van der Waals surface area contributed by atoms with Gasteiger partial charge in [-0.1, -0.05) is 0 Å². The first-order valence-electron chi connectivity index (χ1n) is 10.8. The van der Waals surface area contributed by atoms with Crippen LogP contribution in [-0.2, 0) is 16.2 Å². The van der Waals surface area contributed by atoms with E-state index in [1.165, 1.54) is 0 Å². The zero-order chi connectivity index (χ0) is 23.9. The molecular formula is C25H25N5O4. The Kier molecular flexibility index (Phi) is 7.04. The summed E-state index contributed by atoms with van der Waals surface area (Å²) in [4.78, 5) is 36.4. The van der Waals surface area contributed by atoms with Crippen LogP contribution in [0.5, 0.6) is 0 Å². The maximum atomic E-state index is 13.0. The molecular weight excluding hydrogens is 434 g/mol. The Morgan fingerprint density at radius 2 is 1.97 bits per heavy atom. The molecule has 0 spiro atoms. The molecule has 4 rings (SSSR count). The molecule has 0 aliphatic heterocycles. The summed E-state index contributed by atoms with van der Waals surface area (Å²) in [5.74, 6) is -0.973. The standard InChI is InChI=1S/C25H25N5O4/c26-24(31)22(4-3-14-30-12-1-2-13-30)29-25(32)18-5-6-21-20(16-18)19(9-15-34-33)23(28-21)17-7-10-27-11-8-17/h1-2,5-13,15-16,22,28,33H,3-4,14H2,(H2,26,31)(H,29,32)/b15-9-/t22-/m0/s1. The van der Waals surface area contributed by atoms with Crippen molar-refractivity contribution in [2.24, 2.45) is 5.73 Å². The Hall–Kier alpha value is -4.37. The molecule has 0 aliphatic rings. The first-order chi connectivity index (χ1) is 16.6. The molecule has 1 aromatic carbocycles. The molecule has 0 saturated carbocycles. The molecule has 0 radical (unpaired) electrons. The number of aromatic nitrogens is 3. The minimum absolute atomic E-state index is 0.379. The number of carbonyl (C=O) groups excluding carboxylic acids is 2. The van der Waals surface area contributed by atoms with Crippen LogP contribution in [0, 0.1) is 0 Å². The molecule has 1 atom stereocenters. The molecule has 2 amide bonds. The van der Waals surface area contributed by atoms with Gasteiger partial charge in [0.25, 0.3) is 5.91 Å². The van der Waals surface area contributed by atoms with E-state index in [0.717, 1.165) is 40.5 Å². The molecule has 174 valence electrons. The van der Waals surface area contributed by atoms with Crippen LogP contribution in [0.1, 0.15) is 28.8 Å². The van der Waals surface area contributed by atoms with Crippen molar-refractivity contribution < 1.29 is 19.7 Å². The van der Waals surface area contributed by atoms with Crippen molar-refractivity contribution in [3.8, 4) is 11.3 Å². The number of hydrogen-bond acceptors (Lipinski definition) is 5. The number of nitrogens with one attached hydrogen (secondary N) is 2. The SMILES string of the molecule is NC(=O)[C@H](CCCn1cccc1)NC(=O)c1ccc2[nH]c(-c3ccncc3)c(/C=C\OO)c2c1. The number of hydrogen-bond donors (Lipinski definition) is 4. The Bertz CT molecular complexity index is 1300. The predicted octanol–water partition coefficient (Wildman–Crippen LogP) is 3.56. The summed E-state index contributed by atoms with van der Waals surface area (Å²) in [5.41, 5.74) is 9.10. The summed E-state index contributed by atoms with van der Waals surface area (Å²) in [6.45, 7) is 0.725. The number of pyridine rings is 1. The zero-order valence-electron chi connectivity index (χ0n) is 18.3. The number of benzene rings is 1. The summed E-state index contributed by atoms with van der Waals surface area (Å²) in [6.07, 6.45) is 11.1. The Morgan fingerprint density at radius 3 is 2.68 bits per heavy atom. The summed E-state index contributed by atoms with van der Waals surface area (Å²) < 4.78 is 2.01. The average molecular weight is 460 g/mol. The van der Waals surface area contributed by atoms with E-state index in [9.17, 15) is 9.59 Å². The predicted molar refractivity (Wildman–Crippen MR) is 128 cm³/mol. The molecule has 0 saturated heterocycles. The summed E-state index contributed by atoms with van der Waals surface area (Å²) in [5, 5.41) is 12.3. The van der Waals surface area contributed by atoms with Crippen LogP contribution in [0.2, 0.25) is 0 Å². The first kappa shape index (κ1) is 22.8. The monoisotopic (exact) mass is 459 g/mol. The van der Waals surface area contributed by atoms with E-state index in [-0.39, 0.29) is 0 Å². The molecule has 34 heavy (non-hydrogen) atoms. The topological polar surface area (TPSA) is 135 Å². The Morgan fingerprint density at radius 1 is 1.21 bits per heavy atom. The molecule has 0 fully saturated rings. The molecule has 0 aliphatic carbocycles. The number of fused-ring (bicyclic) bond motifs is 1. The lowest BCUT2D eigenvalue weighted by Gasteiger charge is -2.16. The third-order valence-electron chi connectivity index (χ3n) is 5.59. The highest BCUT2D eigenvalue weighted by atomic mass is 17.1. The van der Waals surface area contributed by atoms with Gasteiger partial charge in [0, 0.05) is 58.9 Å². The van der Waals surface area contributed by atoms with Gasteiger partial charge in [-0.15, -0.1) is 0 Å². The first-order valence-corrected chi connectivity index (χ1v) is 10.8. The molecule has 0 bridgehead atoms. The number of nitrogens with zero attached hydrogens (tertiary/aromatic N) is 2. The number of H-pyrrole nitrogens is 1. The van der Waals surface area contributed by atoms with Crippen LogP contribution in [0.3, 0.4) is 0 Å². The molecule has 3 heterocycles. The van der Waals surface area contributed by atoms with Crippen LogP contribution in [-0.4, -0.2) is 37.6 Å². The number of nitrogens with two attached hydrogens (primary N) is 1. The van der Waals surface area contributed by atoms with Crippen LogP contribution >= 0.6 is 0 Å². The average Bonchev–Trinajstić information content (AvgIpc) is 3.50. The highest BCUT2D eigenvalue weighted by molar-refractivity contribution is 6.03. The molecule has 9 nitrogen and oxygen atoms in total. The van der Waals surface area contributed by atoms with E-state index in [2.05, 4.69) is 20.2 Å². The van der Waals surface area contributed by atoms with Gasteiger partial charge in [-0.05, 0) is 61.4 Å². The Balaban J connectivity index is 1.57. The van der Waals surface area contributed by atoms with Crippen LogP contribution in [0.4, 0.5) is 0 Å². The molecule has 3 aromatic heterocycles. The van der Waals surface area contributed by atoms with E-state index in [4.69, 9.17) is 11.0 Å². The lowest BCUT2D eigenvalue weighted by atomic mass is 10.0. The van der Waals surface area contributed by atoms with Crippen LogP contribution in [0.15, 0.2) is 73.5 Å². The quantitative estimate of drug-likeness (QED) is 0.163. The van der Waals surface area contributed by atoms with Gasteiger partial charge in [-0.25, -0.2) is 5.26 Å². The molecule has 0 unspecified atom stereocenters. The van der Waals surface area contributed by atoms with Gasteiger partial charge in [0.15, 0.2) is 0 Å². The number of aromatic amines is 1. The smallest absolute Gasteiger partial charge is 0.251 e. The number of carbonyl (C=O) groups is 2. The lowest BCUT2D eigenvalue weighted by Crippen LogP contribution is -2.44. The Labute approximate surface area is 195 Å². The minimum Gasteiger partial charge on any atom is -0.368 e. The van der Waals surface area contributed by atoms with Gasteiger partial charge in [0.2, 0.25) is 5.91 Å². The van der Waals surface area contributed by atoms with Crippen molar-refractivity contribution in [3.63, 3.8) is 0 Å². The van der Waals surface area contributed by atoms with Crippen molar-refractivity contribution in [2.45, 2.75) is 25.4 Å². The fraction of sp³-hybridized carbons (Fsp3) is 0.160. The summed E-state index contributed by atoms with van der Waals surface area (Å²) in [6, 6.07) is 12.0. The van der Waals surface area contributed by atoms with Gasteiger partial charge in [0.1, 0.15) is 12.3 Å². The van der Waals surface area contributed by atoms with Crippen LogP contribution in [0.25, 0.3) is 28.2 Å². The van der Waals surface area contributed by atoms with Gasteiger partial charge in [0.05, 0.1) is 5.69 Å². The highest BCUT2D eigenvalue weighted by Gasteiger charge is 2.20. The second kappa shape index (κ2) is 10.5. The number of aryl methyl sites for hydroxylation is 1. The maximum Gasteiger partial charge on any atom is 0.251 e. The van der Waals surface area contributed by atoms with Crippen molar-refractivity contribution >= 4 is 28.8 Å². The van der Waals surface area contributed by atoms with Gasteiger partial charge in [-0.3, -0.25) is 14.6 Å².